The number of hydrogen-bond acceptors (Lipinski definition) is 4. The standard InChI is InChI=1S/C19H18F3NO2S/c1-13-8-10-15(11-9-13)16(23-12-14-6-4-3-5-7-14)17(18(24)25-2)26-19(20,21)22/h3-11,23H,12H2,1-2H3/b17-16+. The van der Waals surface area contributed by atoms with Crippen LogP contribution < -0.4 is 5.32 Å². The van der Waals surface area contributed by atoms with Crippen LogP contribution in [0.4, 0.5) is 13.2 Å². The molecule has 26 heavy (non-hydrogen) atoms. The Morgan fingerprint density at radius 2 is 1.69 bits per heavy atom. The van der Waals surface area contributed by atoms with Crippen molar-refractivity contribution in [3.8, 4) is 0 Å². The van der Waals surface area contributed by atoms with E-state index >= 15 is 0 Å². The molecule has 2 rings (SSSR count). The van der Waals surface area contributed by atoms with Gasteiger partial charge in [0.25, 0.3) is 0 Å². The van der Waals surface area contributed by atoms with Gasteiger partial charge in [0.05, 0.1) is 12.8 Å². The highest BCUT2D eigenvalue weighted by Crippen LogP contribution is 2.39. The summed E-state index contributed by atoms with van der Waals surface area (Å²) in [5, 5.41) is 2.97. The van der Waals surface area contributed by atoms with Gasteiger partial charge in [0.15, 0.2) is 0 Å². The lowest BCUT2D eigenvalue weighted by molar-refractivity contribution is -0.135. The van der Waals surface area contributed by atoms with Crippen LogP contribution in [0.25, 0.3) is 5.70 Å². The maximum absolute atomic E-state index is 13.0. The summed E-state index contributed by atoms with van der Waals surface area (Å²) in [4.78, 5) is 11.5. The van der Waals surface area contributed by atoms with Crippen LogP contribution in [-0.2, 0) is 16.1 Å². The van der Waals surface area contributed by atoms with E-state index in [1.54, 1.807) is 24.3 Å². The Bertz CT molecular complexity index is 772. The third-order valence-corrected chi connectivity index (χ3v) is 4.27. The topological polar surface area (TPSA) is 38.3 Å². The largest absolute Gasteiger partial charge is 0.465 e. The first kappa shape index (κ1) is 19.9. The van der Waals surface area contributed by atoms with E-state index < -0.39 is 28.1 Å². The molecule has 138 valence electrons. The van der Waals surface area contributed by atoms with Crippen LogP contribution in [-0.4, -0.2) is 18.6 Å². The van der Waals surface area contributed by atoms with Crippen LogP contribution in [0.2, 0.25) is 0 Å². The number of rotatable bonds is 6. The van der Waals surface area contributed by atoms with E-state index in [2.05, 4.69) is 10.1 Å². The smallest absolute Gasteiger partial charge is 0.446 e. The molecule has 0 amide bonds. The van der Waals surface area contributed by atoms with Gasteiger partial charge < -0.3 is 10.1 Å². The first-order valence-corrected chi connectivity index (χ1v) is 8.55. The van der Waals surface area contributed by atoms with Crippen molar-refractivity contribution < 1.29 is 22.7 Å². The second-order valence-corrected chi connectivity index (χ2v) is 6.52. The fraction of sp³-hybridized carbons (Fsp3) is 0.211. The number of ether oxygens (including phenoxy) is 1. The van der Waals surface area contributed by atoms with Gasteiger partial charge in [0.1, 0.15) is 4.91 Å². The molecule has 0 aliphatic heterocycles. The van der Waals surface area contributed by atoms with Crippen LogP contribution in [0.5, 0.6) is 0 Å². The van der Waals surface area contributed by atoms with Crippen molar-refractivity contribution in [2.45, 2.75) is 19.0 Å². The molecule has 0 unspecified atom stereocenters. The average Bonchev–Trinajstić information content (AvgIpc) is 2.61. The summed E-state index contributed by atoms with van der Waals surface area (Å²) in [5.41, 5.74) is -2.22. The Morgan fingerprint density at radius 1 is 1.08 bits per heavy atom. The Kier molecular flexibility index (Phi) is 6.74. The van der Waals surface area contributed by atoms with Crippen molar-refractivity contribution in [2.24, 2.45) is 0 Å². The number of thioether (sulfide) groups is 1. The summed E-state index contributed by atoms with van der Waals surface area (Å²) in [7, 11) is 1.06. The van der Waals surface area contributed by atoms with Gasteiger partial charge in [-0.05, 0) is 29.8 Å². The lowest BCUT2D eigenvalue weighted by atomic mass is 10.1. The van der Waals surface area contributed by atoms with Crippen molar-refractivity contribution in [1.29, 1.82) is 0 Å². The zero-order valence-electron chi connectivity index (χ0n) is 14.3. The highest BCUT2D eigenvalue weighted by molar-refractivity contribution is 8.04. The number of hydrogen-bond donors (Lipinski definition) is 1. The molecular weight excluding hydrogens is 363 g/mol. The molecule has 0 aliphatic carbocycles. The summed E-state index contributed by atoms with van der Waals surface area (Å²) in [6, 6.07) is 16.1. The molecular formula is C19H18F3NO2S. The van der Waals surface area contributed by atoms with Gasteiger partial charge in [-0.1, -0.05) is 60.2 Å². The maximum atomic E-state index is 13.0. The Labute approximate surface area is 154 Å². The molecule has 0 bridgehead atoms. The van der Waals surface area contributed by atoms with Crippen molar-refractivity contribution in [3.63, 3.8) is 0 Å². The number of esters is 1. The molecule has 0 aliphatic rings. The minimum atomic E-state index is -4.62. The molecule has 0 saturated carbocycles. The minimum absolute atomic E-state index is 0.0861. The molecule has 7 heteroatoms. The second-order valence-electron chi connectivity index (χ2n) is 5.45. The van der Waals surface area contributed by atoms with Gasteiger partial charge in [0, 0.05) is 6.54 Å². The van der Waals surface area contributed by atoms with Crippen LogP contribution in [0, 0.1) is 6.92 Å². The number of halogens is 3. The van der Waals surface area contributed by atoms with Crippen LogP contribution in [0.1, 0.15) is 16.7 Å². The number of carbonyl (C=O) groups is 1. The van der Waals surface area contributed by atoms with Crippen LogP contribution >= 0.6 is 11.8 Å². The van der Waals surface area contributed by atoms with Crippen LogP contribution in [0.15, 0.2) is 59.5 Å². The fourth-order valence-electron chi connectivity index (χ4n) is 2.22. The Morgan fingerprint density at radius 3 is 2.23 bits per heavy atom. The fourth-order valence-corrected chi connectivity index (χ4v) is 2.91. The highest BCUT2D eigenvalue weighted by atomic mass is 32.2. The summed E-state index contributed by atoms with van der Waals surface area (Å²) < 4.78 is 43.6. The maximum Gasteiger partial charge on any atom is 0.446 e. The first-order chi connectivity index (χ1) is 12.3. The first-order valence-electron chi connectivity index (χ1n) is 7.73. The van der Waals surface area contributed by atoms with E-state index in [1.165, 1.54) is 0 Å². The van der Waals surface area contributed by atoms with Crippen molar-refractivity contribution in [3.05, 3.63) is 76.2 Å². The van der Waals surface area contributed by atoms with Crippen molar-refractivity contribution in [2.75, 3.05) is 7.11 Å². The number of methoxy groups -OCH3 is 1. The van der Waals surface area contributed by atoms with E-state index in [0.29, 0.717) is 5.56 Å². The van der Waals surface area contributed by atoms with E-state index in [0.717, 1.165) is 18.2 Å². The van der Waals surface area contributed by atoms with E-state index in [1.807, 2.05) is 37.3 Å². The molecule has 2 aromatic carbocycles. The summed E-state index contributed by atoms with van der Waals surface area (Å²) in [5.74, 6) is -1.04. The number of benzene rings is 2. The molecule has 0 radical (unpaired) electrons. The van der Waals surface area contributed by atoms with Gasteiger partial charge in [0.2, 0.25) is 0 Å². The summed E-state index contributed by atoms with van der Waals surface area (Å²) in [6.07, 6.45) is 0. The lowest BCUT2D eigenvalue weighted by Crippen LogP contribution is -2.19. The molecule has 0 fully saturated rings. The third kappa shape index (κ3) is 5.84. The minimum Gasteiger partial charge on any atom is -0.465 e. The number of carbonyl (C=O) groups excluding carboxylic acids is 1. The van der Waals surface area contributed by atoms with Crippen molar-refractivity contribution in [1.82, 2.24) is 5.32 Å². The molecule has 3 nitrogen and oxygen atoms in total. The zero-order chi connectivity index (χ0) is 19.2. The molecule has 0 atom stereocenters. The van der Waals surface area contributed by atoms with Gasteiger partial charge in [-0.15, -0.1) is 0 Å². The quantitative estimate of drug-likeness (QED) is 0.572. The molecule has 0 saturated heterocycles. The molecule has 0 heterocycles. The summed E-state index contributed by atoms with van der Waals surface area (Å²) >= 11 is -0.481. The number of nitrogens with one attached hydrogen (secondary N) is 1. The van der Waals surface area contributed by atoms with E-state index in [4.69, 9.17) is 0 Å². The van der Waals surface area contributed by atoms with Gasteiger partial charge in [-0.2, -0.15) is 13.2 Å². The monoisotopic (exact) mass is 381 g/mol. The molecule has 0 aromatic heterocycles. The third-order valence-electron chi connectivity index (χ3n) is 3.47. The van der Waals surface area contributed by atoms with Gasteiger partial charge >= 0.3 is 11.5 Å². The Hall–Kier alpha value is -2.41. The van der Waals surface area contributed by atoms with Gasteiger partial charge in [-0.3, -0.25) is 0 Å². The normalized spacial score (nSPS) is 12.3. The number of aryl methyl sites for hydroxylation is 1. The number of alkyl halides is 3. The SMILES string of the molecule is COC(=O)/C(SC(F)(F)F)=C(\NCc1ccccc1)c1ccc(C)cc1. The average molecular weight is 381 g/mol. The zero-order valence-corrected chi connectivity index (χ0v) is 15.1. The molecule has 2 aromatic rings. The summed E-state index contributed by atoms with van der Waals surface area (Å²) in [6.45, 7) is 2.14. The highest BCUT2D eigenvalue weighted by Gasteiger charge is 2.35. The predicted octanol–water partition coefficient (Wildman–Crippen LogP) is 4.88. The van der Waals surface area contributed by atoms with Gasteiger partial charge in [-0.25, -0.2) is 4.79 Å². The van der Waals surface area contributed by atoms with E-state index in [-0.39, 0.29) is 12.2 Å². The van der Waals surface area contributed by atoms with Crippen LogP contribution in [0.3, 0.4) is 0 Å². The lowest BCUT2D eigenvalue weighted by Gasteiger charge is -2.17. The molecule has 1 N–H and O–H groups in total. The molecule has 0 spiro atoms. The second kappa shape index (κ2) is 8.80. The van der Waals surface area contributed by atoms with Crippen molar-refractivity contribution >= 4 is 23.4 Å². The predicted molar refractivity (Wildman–Crippen MR) is 97.0 cm³/mol. The Balaban J connectivity index is 2.47. The van der Waals surface area contributed by atoms with E-state index in [9.17, 15) is 18.0 Å².